The van der Waals surface area contributed by atoms with Crippen LogP contribution in [0.3, 0.4) is 0 Å². The molecule has 6 nitrogen and oxygen atoms in total. The van der Waals surface area contributed by atoms with Crippen molar-refractivity contribution in [2.75, 3.05) is 7.11 Å². The first-order valence-corrected chi connectivity index (χ1v) is 9.80. The molecular formula is C23H24N2O4. The number of aromatic nitrogens is 1. The largest absolute Gasteiger partial charge is 0.481 e. The van der Waals surface area contributed by atoms with Crippen molar-refractivity contribution in [1.82, 2.24) is 4.98 Å². The smallest absolute Gasteiger partial charge is 0.310 e. The number of rotatable bonds is 6. The number of carbonyl (C=O) groups excluding carboxylic acids is 1. The molecule has 2 aromatic rings. The zero-order valence-corrected chi connectivity index (χ0v) is 16.5. The summed E-state index contributed by atoms with van der Waals surface area (Å²) in [6.45, 7) is 0. The number of nitrogens with zero attached hydrogens (tertiary/aromatic N) is 2. The van der Waals surface area contributed by atoms with E-state index in [1.165, 1.54) is 13.3 Å². The Morgan fingerprint density at radius 1 is 1.21 bits per heavy atom. The predicted octanol–water partition coefficient (Wildman–Crippen LogP) is 4.63. The Morgan fingerprint density at radius 2 is 1.93 bits per heavy atom. The molecule has 1 aliphatic carbocycles. The van der Waals surface area contributed by atoms with Crippen molar-refractivity contribution >= 4 is 11.8 Å². The third kappa shape index (κ3) is 4.45. The summed E-state index contributed by atoms with van der Waals surface area (Å²) in [5.41, 5.74) is 1.15. The second kappa shape index (κ2) is 8.87. The maximum absolute atomic E-state index is 13.0. The zero-order valence-electron chi connectivity index (χ0n) is 16.5. The zero-order chi connectivity index (χ0) is 20.9. The second-order valence-electron chi connectivity index (χ2n) is 7.57. The molecule has 0 unspecified atom stereocenters. The average Bonchev–Trinajstić information content (AvgIpc) is 2.99. The van der Waals surface area contributed by atoms with Gasteiger partial charge in [-0.1, -0.05) is 37.8 Å². The van der Waals surface area contributed by atoms with Crippen molar-refractivity contribution in [3.8, 4) is 23.1 Å². The van der Waals surface area contributed by atoms with Gasteiger partial charge in [-0.3, -0.25) is 9.59 Å². The summed E-state index contributed by atoms with van der Waals surface area (Å²) in [6.07, 6.45) is 6.11. The molecule has 29 heavy (non-hydrogen) atoms. The highest BCUT2D eigenvalue weighted by Crippen LogP contribution is 2.40. The first-order valence-electron chi connectivity index (χ1n) is 9.80. The Labute approximate surface area is 170 Å². The standard InChI is InChI=1S/C23H24N2O4/c1-29-21-19(17-8-6-7-16(11-17)14-24)12-18(15-25-21)20(26)13-23(22(27)28)9-4-2-3-5-10-23/h6-8,11-12,15H,2-5,9-10,13H2,1H3,(H,27,28). The first-order chi connectivity index (χ1) is 14.0. The fourth-order valence-corrected chi connectivity index (χ4v) is 4.01. The van der Waals surface area contributed by atoms with Gasteiger partial charge in [0.05, 0.1) is 24.2 Å². The molecule has 1 aliphatic rings. The molecule has 1 N–H and O–H groups in total. The Morgan fingerprint density at radius 3 is 2.55 bits per heavy atom. The second-order valence-corrected chi connectivity index (χ2v) is 7.57. The Balaban J connectivity index is 1.95. The van der Waals surface area contributed by atoms with E-state index in [1.807, 2.05) is 6.07 Å². The third-order valence-corrected chi connectivity index (χ3v) is 5.68. The maximum Gasteiger partial charge on any atom is 0.310 e. The molecule has 1 saturated carbocycles. The highest BCUT2D eigenvalue weighted by Gasteiger charge is 2.40. The molecule has 1 aromatic carbocycles. The van der Waals surface area contributed by atoms with Gasteiger partial charge >= 0.3 is 5.97 Å². The SMILES string of the molecule is COc1ncc(C(=O)CC2(C(=O)O)CCCCCC2)cc1-c1cccc(C#N)c1. The molecule has 150 valence electrons. The lowest BCUT2D eigenvalue weighted by molar-refractivity contribution is -0.149. The van der Waals surface area contributed by atoms with Crippen LogP contribution in [0.1, 0.15) is 60.9 Å². The van der Waals surface area contributed by atoms with Crippen molar-refractivity contribution in [3.63, 3.8) is 0 Å². The molecule has 0 amide bonds. The molecule has 6 heteroatoms. The number of ketones is 1. The minimum atomic E-state index is -1.01. The van der Waals surface area contributed by atoms with Gasteiger partial charge in [-0.25, -0.2) is 4.98 Å². The van der Waals surface area contributed by atoms with Crippen LogP contribution in [0.25, 0.3) is 11.1 Å². The highest BCUT2D eigenvalue weighted by molar-refractivity contribution is 5.99. The van der Waals surface area contributed by atoms with E-state index in [9.17, 15) is 14.7 Å². The van der Waals surface area contributed by atoms with Gasteiger partial charge < -0.3 is 9.84 Å². The van der Waals surface area contributed by atoms with Crippen molar-refractivity contribution in [2.24, 2.45) is 5.41 Å². The molecule has 0 aliphatic heterocycles. The molecule has 1 heterocycles. The quantitative estimate of drug-likeness (QED) is 0.568. The summed E-state index contributed by atoms with van der Waals surface area (Å²) in [5, 5.41) is 19.0. The monoisotopic (exact) mass is 392 g/mol. The maximum atomic E-state index is 13.0. The molecule has 0 saturated heterocycles. The number of benzene rings is 1. The number of carboxylic acids is 1. The van der Waals surface area contributed by atoms with Crippen LogP contribution in [0.15, 0.2) is 36.5 Å². The van der Waals surface area contributed by atoms with E-state index in [0.29, 0.717) is 41.0 Å². The van der Waals surface area contributed by atoms with E-state index >= 15 is 0 Å². The molecule has 1 fully saturated rings. The summed E-state index contributed by atoms with van der Waals surface area (Å²) >= 11 is 0. The lowest BCUT2D eigenvalue weighted by Crippen LogP contribution is -2.33. The van der Waals surface area contributed by atoms with Crippen LogP contribution >= 0.6 is 0 Å². The Bertz CT molecular complexity index is 954. The summed E-state index contributed by atoms with van der Waals surface area (Å²) < 4.78 is 5.33. The van der Waals surface area contributed by atoms with Crippen molar-refractivity contribution in [1.29, 1.82) is 5.26 Å². The number of ether oxygens (including phenoxy) is 1. The first kappa shape index (κ1) is 20.5. The Kier molecular flexibility index (Phi) is 6.28. The number of pyridine rings is 1. The minimum absolute atomic E-state index is 0.0337. The summed E-state index contributed by atoms with van der Waals surface area (Å²) in [6, 6.07) is 10.8. The van der Waals surface area contributed by atoms with Crippen LogP contribution < -0.4 is 4.74 Å². The van der Waals surface area contributed by atoms with E-state index in [4.69, 9.17) is 10.00 Å². The van der Waals surface area contributed by atoms with E-state index in [2.05, 4.69) is 11.1 Å². The van der Waals surface area contributed by atoms with Gasteiger partial charge in [0.2, 0.25) is 5.88 Å². The van der Waals surface area contributed by atoms with Gasteiger partial charge in [-0.15, -0.1) is 0 Å². The average molecular weight is 392 g/mol. The third-order valence-electron chi connectivity index (χ3n) is 5.68. The van der Waals surface area contributed by atoms with Crippen LogP contribution in [0.2, 0.25) is 0 Å². The van der Waals surface area contributed by atoms with Gasteiger partial charge in [0.1, 0.15) is 0 Å². The van der Waals surface area contributed by atoms with E-state index in [0.717, 1.165) is 25.7 Å². The van der Waals surface area contributed by atoms with Crippen molar-refractivity contribution in [2.45, 2.75) is 44.9 Å². The lowest BCUT2D eigenvalue weighted by atomic mass is 9.75. The number of carboxylic acid groups (broad SMARTS) is 1. The normalized spacial score (nSPS) is 15.7. The van der Waals surface area contributed by atoms with E-state index in [-0.39, 0.29) is 12.2 Å². The van der Waals surface area contributed by atoms with Crippen LogP contribution in [0.5, 0.6) is 5.88 Å². The number of carbonyl (C=O) groups is 2. The topological polar surface area (TPSA) is 100 Å². The number of aliphatic carboxylic acids is 1. The molecule has 0 atom stereocenters. The van der Waals surface area contributed by atoms with Crippen molar-refractivity contribution < 1.29 is 19.4 Å². The van der Waals surface area contributed by atoms with Gasteiger partial charge in [0.15, 0.2) is 5.78 Å². The van der Waals surface area contributed by atoms with E-state index < -0.39 is 11.4 Å². The fraction of sp³-hybridized carbons (Fsp3) is 0.391. The van der Waals surface area contributed by atoms with Crippen LogP contribution in [-0.2, 0) is 4.79 Å². The van der Waals surface area contributed by atoms with Crippen LogP contribution in [0, 0.1) is 16.7 Å². The van der Waals surface area contributed by atoms with Gasteiger partial charge in [-0.2, -0.15) is 5.26 Å². The molecule has 0 radical (unpaired) electrons. The van der Waals surface area contributed by atoms with Gasteiger partial charge in [0, 0.05) is 23.7 Å². The fourth-order valence-electron chi connectivity index (χ4n) is 4.01. The Hall–Kier alpha value is -3.20. The number of hydrogen-bond acceptors (Lipinski definition) is 5. The highest BCUT2D eigenvalue weighted by atomic mass is 16.5. The summed E-state index contributed by atoms with van der Waals surface area (Å²) in [4.78, 5) is 29.3. The molecule has 3 rings (SSSR count). The molecule has 0 bridgehead atoms. The van der Waals surface area contributed by atoms with Crippen molar-refractivity contribution in [3.05, 3.63) is 47.7 Å². The minimum Gasteiger partial charge on any atom is -0.481 e. The number of methoxy groups -OCH3 is 1. The number of hydrogen-bond donors (Lipinski definition) is 1. The van der Waals surface area contributed by atoms with E-state index in [1.54, 1.807) is 24.3 Å². The molecule has 0 spiro atoms. The van der Waals surface area contributed by atoms with Crippen LogP contribution in [-0.4, -0.2) is 29.0 Å². The molecular weight excluding hydrogens is 368 g/mol. The van der Waals surface area contributed by atoms with Gasteiger partial charge in [0.25, 0.3) is 0 Å². The number of Topliss-reactive ketones (excluding diaryl/α,β-unsaturated/α-hetero) is 1. The van der Waals surface area contributed by atoms with Gasteiger partial charge in [-0.05, 0) is 36.6 Å². The molecule has 1 aromatic heterocycles. The summed E-state index contributed by atoms with van der Waals surface area (Å²) in [5.74, 6) is -0.780. The number of nitriles is 1. The van der Waals surface area contributed by atoms with Crippen LogP contribution in [0.4, 0.5) is 0 Å². The lowest BCUT2D eigenvalue weighted by Gasteiger charge is -2.27. The predicted molar refractivity (Wildman–Crippen MR) is 108 cm³/mol. The summed E-state index contributed by atoms with van der Waals surface area (Å²) in [7, 11) is 1.49.